The average molecular weight is 1140 g/mol. The molecule has 0 fully saturated rings. The number of hydrogen-bond donors (Lipinski definition) is 0. The normalized spacial score (nSPS) is 11.8. The molecule has 0 saturated heterocycles. The number of fused-ring (bicyclic) bond motifs is 7. The van der Waals surface area contributed by atoms with E-state index < -0.39 is 0 Å². The van der Waals surface area contributed by atoms with E-state index in [2.05, 4.69) is 266 Å². The maximum Gasteiger partial charge on any atom is 0.189 e. The highest BCUT2D eigenvalue weighted by atomic mass is 15.0. The van der Waals surface area contributed by atoms with Crippen molar-refractivity contribution < 1.29 is 0 Å². The molecular weight excluding hydrogens is 1090 g/mol. The molecule has 3 heterocycles. The van der Waals surface area contributed by atoms with E-state index in [1.807, 2.05) is 54.9 Å². The van der Waals surface area contributed by atoms with Gasteiger partial charge in [0.15, 0.2) is 11.4 Å². The molecule has 5 nitrogen and oxygen atoms in total. The van der Waals surface area contributed by atoms with Crippen LogP contribution < -0.4 is 0 Å². The molecule has 0 unspecified atom stereocenters. The molecule has 5 heteroatoms. The van der Waals surface area contributed by atoms with E-state index in [0.717, 1.165) is 49.8 Å². The first kappa shape index (κ1) is 50.9. The van der Waals surface area contributed by atoms with E-state index in [1.54, 1.807) is 0 Å². The topological polar surface area (TPSA) is 31.5 Å². The quantitative estimate of drug-likeness (QED) is 0.121. The lowest BCUT2D eigenvalue weighted by molar-refractivity contribution is 1.18. The number of rotatable bonds is 6. The summed E-state index contributed by atoms with van der Waals surface area (Å²) in [7, 11) is 0. The van der Waals surface area contributed by atoms with Crippen LogP contribution in [0.25, 0.3) is 185 Å². The Morgan fingerprint density at radius 1 is 0.256 bits per heavy atom. The molecule has 414 valence electrons. The van der Waals surface area contributed by atoms with Crippen LogP contribution in [-0.4, -0.2) is 14.1 Å². The smallest absolute Gasteiger partial charge is 0.189 e. The third kappa shape index (κ3) is 8.05. The van der Waals surface area contributed by atoms with Crippen LogP contribution in [0.1, 0.15) is 0 Å². The lowest BCUT2D eigenvalue weighted by atomic mass is 9.88. The van der Waals surface area contributed by atoms with Gasteiger partial charge in [-0.25, -0.2) is 9.69 Å². The van der Waals surface area contributed by atoms with Gasteiger partial charge in [-0.3, -0.25) is 4.98 Å². The second-order valence-corrected chi connectivity index (χ2v) is 23.7. The molecule has 0 spiro atoms. The Labute approximate surface area is 517 Å². The van der Waals surface area contributed by atoms with Crippen molar-refractivity contribution in [3.63, 3.8) is 0 Å². The van der Waals surface area contributed by atoms with Crippen LogP contribution in [-0.2, 0) is 0 Å². The van der Waals surface area contributed by atoms with Crippen molar-refractivity contribution in [1.82, 2.24) is 14.1 Å². The van der Waals surface area contributed by atoms with Crippen LogP contribution >= 0.6 is 0 Å². The van der Waals surface area contributed by atoms with E-state index in [9.17, 15) is 0 Å². The van der Waals surface area contributed by atoms with E-state index in [-0.39, 0.29) is 0 Å². The molecule has 3 aromatic heterocycles. The van der Waals surface area contributed by atoms with Gasteiger partial charge in [0, 0.05) is 61.9 Å². The summed E-state index contributed by atoms with van der Waals surface area (Å²) in [6.07, 6.45) is 3.74. The van der Waals surface area contributed by atoms with Gasteiger partial charge in [-0.15, -0.1) is 0 Å². The Morgan fingerprint density at radius 3 is 1.06 bits per heavy atom. The fraction of sp³-hybridized carbons (Fsp3) is 0. The summed E-state index contributed by atoms with van der Waals surface area (Å²) in [5, 5.41) is 22.5. The first-order valence-corrected chi connectivity index (χ1v) is 30.4. The second-order valence-electron chi connectivity index (χ2n) is 23.7. The van der Waals surface area contributed by atoms with Crippen LogP contribution in [0.4, 0.5) is 11.4 Å². The summed E-state index contributed by atoms with van der Waals surface area (Å²) in [6.45, 7) is 15.2. The number of para-hydroxylation sites is 2. The molecule has 0 aliphatic heterocycles. The van der Waals surface area contributed by atoms with Crippen molar-refractivity contribution in [2.75, 3.05) is 0 Å². The fourth-order valence-corrected chi connectivity index (χ4v) is 14.6. The van der Waals surface area contributed by atoms with Gasteiger partial charge in [0.2, 0.25) is 0 Å². The Hall–Kier alpha value is -12.4. The summed E-state index contributed by atoms with van der Waals surface area (Å²) < 4.78 is 4.58. The van der Waals surface area contributed by atoms with Gasteiger partial charge >= 0.3 is 0 Å². The molecule has 0 atom stereocenters. The zero-order valence-electron chi connectivity index (χ0n) is 48.5. The van der Waals surface area contributed by atoms with Gasteiger partial charge in [-0.05, 0) is 217 Å². The average Bonchev–Trinajstić information content (AvgIpc) is 1.04. The number of nitrogens with zero attached hydrogens (tertiary/aromatic N) is 5. The predicted molar refractivity (Wildman–Crippen MR) is 379 cm³/mol. The van der Waals surface area contributed by atoms with Crippen molar-refractivity contribution in [3.8, 4) is 55.9 Å². The molecule has 0 saturated carbocycles. The Morgan fingerprint density at radius 2 is 0.633 bits per heavy atom. The number of benzene rings is 16. The van der Waals surface area contributed by atoms with Gasteiger partial charge in [-0.2, -0.15) is 0 Å². The van der Waals surface area contributed by atoms with Gasteiger partial charge in [0.05, 0.1) is 24.2 Å². The predicted octanol–water partition coefficient (Wildman–Crippen LogP) is 23.7. The first-order valence-electron chi connectivity index (χ1n) is 30.4. The molecule has 90 heavy (non-hydrogen) atoms. The molecular formula is C85H49N5. The minimum atomic E-state index is 0.646. The molecule has 19 rings (SSSR count). The van der Waals surface area contributed by atoms with E-state index >= 15 is 0 Å². The molecule has 0 N–H and O–H groups in total. The lowest BCUT2D eigenvalue weighted by Crippen LogP contribution is -1.93. The monoisotopic (exact) mass is 1140 g/mol. The summed E-state index contributed by atoms with van der Waals surface area (Å²) in [5.41, 5.74) is 17.4. The Balaban J connectivity index is 0.000000134. The van der Waals surface area contributed by atoms with E-state index in [4.69, 9.17) is 13.1 Å². The molecule has 0 aliphatic rings. The van der Waals surface area contributed by atoms with Crippen molar-refractivity contribution >= 4 is 130 Å². The Bertz CT molecular complexity index is 6080. The minimum Gasteiger partial charge on any atom is -0.310 e. The number of pyridine rings is 1. The first-order chi connectivity index (χ1) is 44.5. The van der Waals surface area contributed by atoms with Crippen molar-refractivity contribution in [1.29, 1.82) is 0 Å². The van der Waals surface area contributed by atoms with Gasteiger partial charge < -0.3 is 9.13 Å². The zero-order valence-corrected chi connectivity index (χ0v) is 48.5. The largest absolute Gasteiger partial charge is 0.310 e. The minimum absolute atomic E-state index is 0.646. The van der Waals surface area contributed by atoms with Crippen molar-refractivity contribution in [3.05, 3.63) is 320 Å². The third-order valence-corrected chi connectivity index (χ3v) is 18.6. The van der Waals surface area contributed by atoms with Gasteiger partial charge in [0.25, 0.3) is 0 Å². The van der Waals surface area contributed by atoms with E-state index in [0.29, 0.717) is 11.4 Å². The molecule has 0 bridgehead atoms. The van der Waals surface area contributed by atoms with Crippen LogP contribution in [0.2, 0.25) is 0 Å². The SMILES string of the molecule is [C-]#[N+]c1ccc2c3ccc(-c4cc5ccc6cc(-c7cccc8ccccc78)cc7ccc(c4)c5c67)cc3n(-c3ccccc3)c2c1.[C-]#[N+]c1ccc2c3ccc(-c4cc5ccc6cc(-c7cccnc7)cc7ccc(c4)c5c67)cc3n(-c3ccccc3)c2c1. The number of aromatic nitrogens is 3. The lowest BCUT2D eigenvalue weighted by Gasteiger charge is -2.15. The zero-order chi connectivity index (χ0) is 59.6. The van der Waals surface area contributed by atoms with Gasteiger partial charge in [-0.1, -0.05) is 182 Å². The number of hydrogen-bond acceptors (Lipinski definition) is 1. The summed E-state index contributed by atoms with van der Waals surface area (Å²) >= 11 is 0. The summed E-state index contributed by atoms with van der Waals surface area (Å²) in [4.78, 5) is 11.8. The maximum absolute atomic E-state index is 7.62. The maximum atomic E-state index is 7.62. The highest BCUT2D eigenvalue weighted by molar-refractivity contribution is 6.26. The van der Waals surface area contributed by atoms with Crippen LogP contribution in [0, 0.1) is 13.1 Å². The van der Waals surface area contributed by atoms with Crippen molar-refractivity contribution in [2.45, 2.75) is 0 Å². The third-order valence-electron chi connectivity index (χ3n) is 18.6. The van der Waals surface area contributed by atoms with E-state index in [1.165, 1.54) is 125 Å². The van der Waals surface area contributed by atoms with Crippen LogP contribution in [0.5, 0.6) is 0 Å². The highest BCUT2D eigenvalue weighted by Gasteiger charge is 2.20. The van der Waals surface area contributed by atoms with Crippen molar-refractivity contribution in [2.24, 2.45) is 0 Å². The fourth-order valence-electron chi connectivity index (χ4n) is 14.6. The van der Waals surface area contributed by atoms with Crippen LogP contribution in [0.15, 0.2) is 298 Å². The summed E-state index contributed by atoms with van der Waals surface area (Å²) in [5.74, 6) is 0. The van der Waals surface area contributed by atoms with Gasteiger partial charge in [0.1, 0.15) is 0 Å². The summed E-state index contributed by atoms with van der Waals surface area (Å²) in [6, 6.07) is 102. The highest BCUT2D eigenvalue weighted by Crippen LogP contribution is 2.45. The molecule has 16 aromatic carbocycles. The van der Waals surface area contributed by atoms with Crippen LogP contribution in [0.3, 0.4) is 0 Å². The molecule has 0 radical (unpaired) electrons. The molecule has 0 aliphatic carbocycles. The standard InChI is InChI=1S/C45H26N2.C40H23N3/c1-46-36-19-21-41-40-20-18-29(26-42(40)47(43(41)27-36)37-10-3-2-4-11-37)34-22-30-14-16-32-24-35(25-33-17-15-31(23-34)44(30)45(32)33)39-13-7-9-28-8-5-6-12-38(28)39;1-41-33-14-16-36-35-15-13-25(22-37(35)43(38(36)23-33)34-7-3-2-4-8-34)31-18-26-9-11-28-20-32(30-6-5-17-42-24-30)21-29-12-10-27(19-31)39(26)40(28)29/h2-27H;2-24H. The molecule has 19 aromatic rings. The molecule has 0 amide bonds. The second kappa shape index (κ2) is 20.1. The Kier molecular flexibility index (Phi) is 11.4.